The van der Waals surface area contributed by atoms with Crippen LogP contribution in [0.15, 0.2) is 41.9 Å². The first-order chi connectivity index (χ1) is 15.4. The average molecular weight is 438 g/mol. The number of nitrogens with zero attached hydrogens (tertiary/aromatic N) is 5. The molecule has 3 heterocycles. The monoisotopic (exact) mass is 437 g/mol. The summed E-state index contributed by atoms with van der Waals surface area (Å²) in [6.07, 6.45) is 3.50. The van der Waals surface area contributed by atoms with Gasteiger partial charge in [-0.25, -0.2) is 9.48 Å². The molecule has 32 heavy (non-hydrogen) atoms. The molecule has 8 heteroatoms. The highest BCUT2D eigenvalue weighted by molar-refractivity contribution is 5.93. The molecule has 1 fully saturated rings. The zero-order chi connectivity index (χ0) is 22.8. The van der Waals surface area contributed by atoms with E-state index in [9.17, 15) is 9.59 Å². The molecule has 1 aromatic heterocycles. The second-order valence-corrected chi connectivity index (χ2v) is 8.69. The van der Waals surface area contributed by atoms with Gasteiger partial charge < -0.3 is 14.5 Å². The zero-order valence-electron chi connectivity index (χ0n) is 19.2. The van der Waals surface area contributed by atoms with Crippen molar-refractivity contribution in [1.29, 1.82) is 0 Å². The van der Waals surface area contributed by atoms with Crippen molar-refractivity contribution < 1.29 is 14.3 Å². The summed E-state index contributed by atoms with van der Waals surface area (Å²) in [6.45, 7) is 9.80. The Bertz CT molecular complexity index is 1020. The van der Waals surface area contributed by atoms with Gasteiger partial charge in [0, 0.05) is 18.8 Å². The summed E-state index contributed by atoms with van der Waals surface area (Å²) in [4.78, 5) is 34.4. The number of likely N-dealkylation sites (tertiary alicyclic amines) is 1. The maximum atomic E-state index is 13.1. The number of allylic oxidation sites excluding steroid dienone is 1. The first-order valence-electron chi connectivity index (χ1n) is 11.3. The van der Waals surface area contributed by atoms with Crippen LogP contribution >= 0.6 is 0 Å². The Morgan fingerprint density at radius 1 is 1.12 bits per heavy atom. The molecule has 0 bridgehead atoms. The molecule has 2 aromatic rings. The minimum atomic E-state index is -0.464. The third kappa shape index (κ3) is 4.13. The minimum Gasteiger partial charge on any atom is -0.463 e. The van der Waals surface area contributed by atoms with E-state index in [4.69, 9.17) is 4.74 Å². The van der Waals surface area contributed by atoms with Crippen molar-refractivity contribution in [3.8, 4) is 0 Å². The second kappa shape index (κ2) is 9.14. The van der Waals surface area contributed by atoms with Crippen LogP contribution in [0.1, 0.15) is 50.8 Å². The van der Waals surface area contributed by atoms with Gasteiger partial charge in [-0.1, -0.05) is 36.8 Å². The van der Waals surface area contributed by atoms with Gasteiger partial charge in [0.1, 0.15) is 18.9 Å². The molecule has 1 saturated heterocycles. The lowest BCUT2D eigenvalue weighted by Crippen LogP contribution is -2.46. The fourth-order valence-electron chi connectivity index (χ4n) is 4.44. The molecule has 0 spiro atoms. The topological polar surface area (TPSA) is 80.6 Å². The van der Waals surface area contributed by atoms with Gasteiger partial charge in [-0.05, 0) is 45.1 Å². The molecule has 0 unspecified atom stereocenters. The molecule has 2 aliphatic heterocycles. The molecule has 0 radical (unpaired) electrons. The number of aromatic nitrogens is 3. The summed E-state index contributed by atoms with van der Waals surface area (Å²) in [5.41, 5.74) is 3.20. The van der Waals surface area contributed by atoms with E-state index in [0.29, 0.717) is 23.1 Å². The third-order valence-corrected chi connectivity index (χ3v) is 6.43. The molecule has 0 aliphatic carbocycles. The first kappa shape index (κ1) is 22.0. The molecular weight excluding hydrogens is 406 g/mol. The largest absolute Gasteiger partial charge is 0.463 e. The Balaban J connectivity index is 1.72. The normalized spacial score (nSPS) is 19.2. The lowest BCUT2D eigenvalue weighted by molar-refractivity contribution is -0.139. The highest BCUT2D eigenvalue weighted by Gasteiger charge is 2.39. The van der Waals surface area contributed by atoms with Crippen LogP contribution in [0.4, 0.5) is 5.95 Å². The van der Waals surface area contributed by atoms with Crippen molar-refractivity contribution in [2.45, 2.75) is 46.6 Å². The van der Waals surface area contributed by atoms with Gasteiger partial charge in [-0.15, -0.1) is 0 Å². The summed E-state index contributed by atoms with van der Waals surface area (Å²) >= 11 is 0. The van der Waals surface area contributed by atoms with Crippen molar-refractivity contribution in [2.24, 2.45) is 5.92 Å². The number of amides is 1. The summed E-state index contributed by atoms with van der Waals surface area (Å²) in [5.74, 6) is 0.827. The van der Waals surface area contributed by atoms with Crippen LogP contribution in [-0.2, 0) is 14.3 Å². The Kier molecular flexibility index (Phi) is 6.30. The average Bonchev–Trinajstić information content (AvgIpc) is 3.26. The maximum absolute atomic E-state index is 13.1. The maximum Gasteiger partial charge on any atom is 0.338 e. The second-order valence-electron chi connectivity index (χ2n) is 8.69. The fourth-order valence-corrected chi connectivity index (χ4v) is 4.44. The number of hydrogen-bond donors (Lipinski definition) is 0. The lowest BCUT2D eigenvalue weighted by atomic mass is 9.94. The Morgan fingerprint density at radius 2 is 1.81 bits per heavy atom. The van der Waals surface area contributed by atoms with E-state index in [1.165, 1.54) is 6.33 Å². The van der Waals surface area contributed by atoms with Gasteiger partial charge in [0.25, 0.3) is 0 Å². The Hall–Kier alpha value is -3.16. The predicted molar refractivity (Wildman–Crippen MR) is 121 cm³/mol. The van der Waals surface area contributed by atoms with Gasteiger partial charge in [0.2, 0.25) is 11.9 Å². The number of rotatable bonds is 5. The number of carbonyl (C=O) groups is 2. The van der Waals surface area contributed by atoms with Crippen LogP contribution in [0.2, 0.25) is 0 Å². The molecular formula is C24H31N5O3. The van der Waals surface area contributed by atoms with Crippen molar-refractivity contribution in [1.82, 2.24) is 19.7 Å². The van der Waals surface area contributed by atoms with Crippen LogP contribution in [0.3, 0.4) is 0 Å². The molecule has 1 atom stereocenters. The van der Waals surface area contributed by atoms with Gasteiger partial charge in [0.15, 0.2) is 0 Å². The van der Waals surface area contributed by atoms with Crippen LogP contribution in [0.5, 0.6) is 0 Å². The molecule has 170 valence electrons. The van der Waals surface area contributed by atoms with E-state index in [0.717, 1.165) is 37.1 Å². The lowest BCUT2D eigenvalue weighted by Gasteiger charge is -2.37. The standard InChI is InChI=1S/C24H31N5O3/c1-5-32-23(31)21-18(4)28(14-20(30)27-12-10-17(3)11-13-27)24-25-15-26-29(24)22(21)19-8-6-16(2)7-9-19/h6-9,15,17,22H,5,10-14H2,1-4H3/t22-/m0/s1. The number of hydrogen-bond acceptors (Lipinski definition) is 6. The predicted octanol–water partition coefficient (Wildman–Crippen LogP) is 3.09. The summed E-state index contributed by atoms with van der Waals surface area (Å²) in [6, 6.07) is 7.55. The number of aryl methyl sites for hydroxylation is 1. The van der Waals surface area contributed by atoms with E-state index in [1.807, 2.05) is 43.0 Å². The first-order valence-corrected chi connectivity index (χ1v) is 11.3. The van der Waals surface area contributed by atoms with E-state index in [2.05, 4.69) is 17.0 Å². The molecule has 1 amide bonds. The van der Waals surface area contributed by atoms with Crippen LogP contribution in [0.25, 0.3) is 0 Å². The van der Waals surface area contributed by atoms with E-state index in [1.54, 1.807) is 16.5 Å². The molecule has 2 aliphatic rings. The quantitative estimate of drug-likeness (QED) is 0.669. The zero-order valence-corrected chi connectivity index (χ0v) is 19.2. The number of piperidine rings is 1. The summed E-state index contributed by atoms with van der Waals surface area (Å²) in [7, 11) is 0. The summed E-state index contributed by atoms with van der Waals surface area (Å²) < 4.78 is 7.14. The molecule has 4 rings (SSSR count). The highest BCUT2D eigenvalue weighted by Crippen LogP contribution is 2.38. The number of fused-ring (bicyclic) bond motifs is 1. The molecule has 1 aromatic carbocycles. The molecule has 8 nitrogen and oxygen atoms in total. The van der Waals surface area contributed by atoms with Gasteiger partial charge in [0.05, 0.1) is 12.2 Å². The van der Waals surface area contributed by atoms with Crippen molar-refractivity contribution in [2.75, 3.05) is 31.1 Å². The number of esters is 1. The fraction of sp³-hybridized carbons (Fsp3) is 0.500. The minimum absolute atomic E-state index is 0.0304. The number of benzene rings is 1. The smallest absolute Gasteiger partial charge is 0.338 e. The Labute approximate surface area is 188 Å². The van der Waals surface area contributed by atoms with Crippen molar-refractivity contribution in [3.05, 3.63) is 53.0 Å². The number of anilines is 1. The van der Waals surface area contributed by atoms with E-state index >= 15 is 0 Å². The SMILES string of the molecule is CCOC(=O)C1=C(C)N(CC(=O)N2CCC(C)CC2)c2ncnn2[C@H]1c1ccc(C)cc1. The Morgan fingerprint density at radius 3 is 2.47 bits per heavy atom. The number of ether oxygens (including phenoxy) is 1. The van der Waals surface area contributed by atoms with Crippen molar-refractivity contribution in [3.63, 3.8) is 0 Å². The van der Waals surface area contributed by atoms with Gasteiger partial charge in [-0.2, -0.15) is 10.1 Å². The molecule has 0 N–H and O–H groups in total. The van der Waals surface area contributed by atoms with Gasteiger partial charge in [-0.3, -0.25) is 4.79 Å². The summed E-state index contributed by atoms with van der Waals surface area (Å²) in [5, 5.41) is 4.44. The highest BCUT2D eigenvalue weighted by atomic mass is 16.5. The number of carbonyl (C=O) groups excluding carboxylic acids is 2. The third-order valence-electron chi connectivity index (χ3n) is 6.43. The van der Waals surface area contributed by atoms with Crippen LogP contribution < -0.4 is 4.90 Å². The van der Waals surface area contributed by atoms with Crippen molar-refractivity contribution >= 4 is 17.8 Å². The van der Waals surface area contributed by atoms with Crippen LogP contribution in [-0.4, -0.2) is 57.8 Å². The van der Waals surface area contributed by atoms with Crippen LogP contribution in [0, 0.1) is 12.8 Å². The van der Waals surface area contributed by atoms with E-state index in [-0.39, 0.29) is 19.1 Å². The van der Waals surface area contributed by atoms with E-state index < -0.39 is 12.0 Å². The van der Waals surface area contributed by atoms with Gasteiger partial charge >= 0.3 is 5.97 Å². The molecule has 0 saturated carbocycles.